The highest BCUT2D eigenvalue weighted by Crippen LogP contribution is 2.43. The number of nitrogens with zero attached hydrogens (tertiary/aromatic N) is 1. The van der Waals surface area contributed by atoms with Crippen LogP contribution in [-0.4, -0.2) is 49.8 Å². The standard InChI is InChI=1S/C29H33NO4S/c1-33-24-13-14-25-26(19-24)35-29(21-5-9-22(31)10-6-21)27(25)28(32)20-7-11-23(12-8-20)34-18-17-30-15-3-2-4-16-30/h7-8,11-14,19,21H,2-6,9-10,15-18H2,1H3. The number of hydrogen-bond acceptors (Lipinski definition) is 6. The molecule has 0 atom stereocenters. The summed E-state index contributed by atoms with van der Waals surface area (Å²) in [7, 11) is 1.66. The van der Waals surface area contributed by atoms with Crippen molar-refractivity contribution in [1.82, 2.24) is 4.90 Å². The zero-order valence-electron chi connectivity index (χ0n) is 20.4. The van der Waals surface area contributed by atoms with Crippen molar-refractivity contribution in [3.8, 4) is 11.5 Å². The van der Waals surface area contributed by atoms with E-state index in [1.54, 1.807) is 18.4 Å². The van der Waals surface area contributed by atoms with Crippen LogP contribution in [0.25, 0.3) is 10.1 Å². The van der Waals surface area contributed by atoms with E-state index >= 15 is 0 Å². The Morgan fingerprint density at radius 1 is 1.00 bits per heavy atom. The molecule has 1 saturated heterocycles. The number of Topliss-reactive ketones (excluding diaryl/α,β-unsaturated/α-hetero) is 1. The average Bonchev–Trinajstić information content (AvgIpc) is 3.28. The van der Waals surface area contributed by atoms with Gasteiger partial charge in [0.2, 0.25) is 0 Å². The van der Waals surface area contributed by atoms with Crippen LogP contribution in [0.2, 0.25) is 0 Å². The molecule has 2 heterocycles. The number of thiophene rings is 1. The van der Waals surface area contributed by atoms with Gasteiger partial charge in [0.1, 0.15) is 23.9 Å². The van der Waals surface area contributed by atoms with Crippen LogP contribution >= 0.6 is 11.3 Å². The molecule has 0 amide bonds. The maximum absolute atomic E-state index is 13.8. The van der Waals surface area contributed by atoms with Crippen LogP contribution in [0.5, 0.6) is 11.5 Å². The first-order chi connectivity index (χ1) is 17.1. The van der Waals surface area contributed by atoms with Crippen molar-refractivity contribution < 1.29 is 19.1 Å². The van der Waals surface area contributed by atoms with E-state index in [0.717, 1.165) is 64.5 Å². The molecule has 5 rings (SSSR count). The number of hydrogen-bond donors (Lipinski definition) is 0. The molecule has 1 aromatic heterocycles. The van der Waals surface area contributed by atoms with Crippen molar-refractivity contribution in [3.63, 3.8) is 0 Å². The van der Waals surface area contributed by atoms with Crippen LogP contribution in [0.3, 0.4) is 0 Å². The number of likely N-dealkylation sites (tertiary alicyclic amines) is 1. The highest BCUT2D eigenvalue weighted by Gasteiger charge is 2.29. The summed E-state index contributed by atoms with van der Waals surface area (Å²) in [4.78, 5) is 29.2. The first-order valence-corrected chi connectivity index (χ1v) is 13.6. The van der Waals surface area contributed by atoms with Crippen molar-refractivity contribution in [3.05, 3.63) is 58.5 Å². The second kappa shape index (κ2) is 10.9. The SMILES string of the molecule is COc1ccc2c(C(=O)c3ccc(OCCN4CCCCC4)cc3)c(C3CCC(=O)CC3)sc2c1. The number of ketones is 2. The van der Waals surface area contributed by atoms with Crippen molar-refractivity contribution in [1.29, 1.82) is 0 Å². The van der Waals surface area contributed by atoms with Crippen LogP contribution in [0.1, 0.15) is 71.7 Å². The number of carbonyl (C=O) groups excluding carboxylic acids is 2. The van der Waals surface area contributed by atoms with E-state index in [4.69, 9.17) is 9.47 Å². The zero-order chi connectivity index (χ0) is 24.2. The Kier molecular flexibility index (Phi) is 7.49. The molecular weight excluding hydrogens is 458 g/mol. The van der Waals surface area contributed by atoms with E-state index in [0.29, 0.717) is 30.8 Å². The lowest BCUT2D eigenvalue weighted by Gasteiger charge is -2.26. The van der Waals surface area contributed by atoms with Gasteiger partial charge in [-0.05, 0) is 87.2 Å². The number of piperidine rings is 1. The van der Waals surface area contributed by atoms with Crippen LogP contribution in [0.15, 0.2) is 42.5 Å². The molecule has 184 valence electrons. The van der Waals surface area contributed by atoms with Crippen LogP contribution in [0, 0.1) is 0 Å². The topological polar surface area (TPSA) is 55.8 Å². The number of ether oxygens (including phenoxy) is 2. The third-order valence-electron chi connectivity index (χ3n) is 7.31. The summed E-state index contributed by atoms with van der Waals surface area (Å²) >= 11 is 1.67. The molecule has 0 bridgehead atoms. The van der Waals surface area contributed by atoms with Gasteiger partial charge in [0.05, 0.1) is 7.11 Å². The maximum Gasteiger partial charge on any atom is 0.194 e. The van der Waals surface area contributed by atoms with E-state index in [9.17, 15) is 9.59 Å². The largest absolute Gasteiger partial charge is 0.497 e. The first-order valence-electron chi connectivity index (χ1n) is 12.7. The van der Waals surface area contributed by atoms with Crippen LogP contribution < -0.4 is 9.47 Å². The number of benzene rings is 2. The molecule has 0 radical (unpaired) electrons. The Morgan fingerprint density at radius 3 is 2.43 bits per heavy atom. The van der Waals surface area contributed by atoms with Crippen LogP contribution in [-0.2, 0) is 4.79 Å². The van der Waals surface area contributed by atoms with Gasteiger partial charge in [-0.3, -0.25) is 14.5 Å². The van der Waals surface area contributed by atoms with E-state index in [2.05, 4.69) is 4.90 Å². The molecule has 2 aromatic carbocycles. The second-order valence-corrected chi connectivity index (χ2v) is 10.7. The second-order valence-electron chi connectivity index (χ2n) is 9.62. The molecule has 3 aromatic rings. The van der Waals surface area contributed by atoms with Gasteiger partial charge in [-0.2, -0.15) is 0 Å². The van der Waals surface area contributed by atoms with Crippen molar-refractivity contribution >= 4 is 33.0 Å². The maximum atomic E-state index is 13.8. The molecule has 0 spiro atoms. The van der Waals surface area contributed by atoms with Gasteiger partial charge < -0.3 is 9.47 Å². The van der Waals surface area contributed by atoms with Gasteiger partial charge in [0.15, 0.2) is 5.78 Å². The predicted octanol–water partition coefficient (Wildman–Crippen LogP) is 6.23. The molecule has 1 saturated carbocycles. The number of methoxy groups -OCH3 is 1. The summed E-state index contributed by atoms with van der Waals surface area (Å²) in [5, 5.41) is 0.967. The number of fused-ring (bicyclic) bond motifs is 1. The van der Waals surface area contributed by atoms with Gasteiger partial charge in [0, 0.05) is 45.5 Å². The Balaban J connectivity index is 1.36. The smallest absolute Gasteiger partial charge is 0.194 e. The first kappa shape index (κ1) is 24.0. The molecule has 5 nitrogen and oxygen atoms in total. The minimum Gasteiger partial charge on any atom is -0.497 e. The van der Waals surface area contributed by atoms with Gasteiger partial charge in [0.25, 0.3) is 0 Å². The highest BCUT2D eigenvalue weighted by molar-refractivity contribution is 7.19. The summed E-state index contributed by atoms with van der Waals surface area (Å²) < 4.78 is 12.4. The third-order valence-corrected chi connectivity index (χ3v) is 8.62. The molecule has 1 aliphatic carbocycles. The Bertz CT molecular complexity index is 1180. The van der Waals surface area contributed by atoms with Crippen molar-refractivity contribution in [2.75, 3.05) is 33.4 Å². The van der Waals surface area contributed by atoms with E-state index < -0.39 is 0 Å². The minimum atomic E-state index is 0.0354. The Labute approximate surface area is 211 Å². The summed E-state index contributed by atoms with van der Waals surface area (Å²) in [5.74, 6) is 2.19. The predicted molar refractivity (Wildman–Crippen MR) is 140 cm³/mol. The zero-order valence-corrected chi connectivity index (χ0v) is 21.2. The molecular formula is C29H33NO4S. The van der Waals surface area contributed by atoms with Gasteiger partial charge in [-0.1, -0.05) is 6.42 Å². The van der Waals surface area contributed by atoms with E-state index in [1.807, 2.05) is 42.5 Å². The van der Waals surface area contributed by atoms with Crippen LogP contribution in [0.4, 0.5) is 0 Å². The van der Waals surface area contributed by atoms with Crippen molar-refractivity contribution in [2.45, 2.75) is 50.9 Å². The van der Waals surface area contributed by atoms with Gasteiger partial charge >= 0.3 is 0 Å². The fraction of sp³-hybridized carbons (Fsp3) is 0.448. The molecule has 6 heteroatoms. The average molecular weight is 492 g/mol. The Morgan fingerprint density at radius 2 is 1.71 bits per heavy atom. The molecule has 2 fully saturated rings. The van der Waals surface area contributed by atoms with Crippen molar-refractivity contribution in [2.24, 2.45) is 0 Å². The lowest BCUT2D eigenvalue weighted by molar-refractivity contribution is -0.120. The Hall–Kier alpha value is -2.70. The van der Waals surface area contributed by atoms with Gasteiger partial charge in [-0.25, -0.2) is 0 Å². The fourth-order valence-corrected chi connectivity index (χ4v) is 6.67. The molecule has 35 heavy (non-hydrogen) atoms. The quantitative estimate of drug-likeness (QED) is 0.350. The summed E-state index contributed by atoms with van der Waals surface area (Å²) in [6.07, 6.45) is 6.71. The minimum absolute atomic E-state index is 0.0354. The highest BCUT2D eigenvalue weighted by atomic mass is 32.1. The molecule has 2 aliphatic rings. The summed E-state index contributed by atoms with van der Waals surface area (Å²) in [6, 6.07) is 13.5. The normalized spacial score (nSPS) is 17.6. The number of rotatable bonds is 8. The number of carbonyl (C=O) groups is 2. The van der Waals surface area contributed by atoms with E-state index in [-0.39, 0.29) is 11.7 Å². The molecule has 0 unspecified atom stereocenters. The monoisotopic (exact) mass is 491 g/mol. The third kappa shape index (κ3) is 5.44. The molecule has 1 aliphatic heterocycles. The summed E-state index contributed by atoms with van der Waals surface area (Å²) in [6.45, 7) is 3.93. The molecule has 0 N–H and O–H groups in total. The lowest BCUT2D eigenvalue weighted by atomic mass is 9.84. The fourth-order valence-electron chi connectivity index (χ4n) is 5.27. The summed E-state index contributed by atoms with van der Waals surface area (Å²) in [5.41, 5.74) is 1.45. The van der Waals surface area contributed by atoms with E-state index in [1.165, 1.54) is 19.3 Å². The van der Waals surface area contributed by atoms with Gasteiger partial charge in [-0.15, -0.1) is 11.3 Å². The lowest BCUT2D eigenvalue weighted by Crippen LogP contribution is -2.33.